The van der Waals surface area contributed by atoms with Gasteiger partial charge in [-0.2, -0.15) is 10.5 Å². The molecule has 0 radical (unpaired) electrons. The van der Waals surface area contributed by atoms with Gasteiger partial charge in [-0.1, -0.05) is 109 Å². The van der Waals surface area contributed by atoms with E-state index < -0.39 is 0 Å². The fourth-order valence-corrected chi connectivity index (χ4v) is 8.83. The lowest BCUT2D eigenvalue weighted by Gasteiger charge is -2.18. The van der Waals surface area contributed by atoms with Crippen molar-refractivity contribution in [3.8, 4) is 40.3 Å². The molecule has 0 bridgehead atoms. The fraction of sp³-hybridized carbons (Fsp3) is 0. The highest BCUT2D eigenvalue weighted by atomic mass is 15.1. The second kappa shape index (κ2) is 11.8. The van der Waals surface area contributed by atoms with Crippen LogP contribution in [0.25, 0.3) is 93.6 Å². The summed E-state index contributed by atoms with van der Waals surface area (Å²) in [6.07, 6.45) is 0. The van der Waals surface area contributed by atoms with Crippen molar-refractivity contribution in [3.63, 3.8) is 0 Å². The van der Waals surface area contributed by atoms with E-state index in [0.717, 1.165) is 93.6 Å². The lowest BCUT2D eigenvalue weighted by molar-refractivity contribution is 1.13. The van der Waals surface area contributed by atoms with Gasteiger partial charge in [-0.05, 0) is 72.3 Å². The number of rotatable bonds is 4. The number of nitrogens with zero attached hydrogens (tertiary/aromatic N) is 5. The predicted octanol–water partition coefficient (Wildman–Crippen LogP) is 12.4. The molecule has 11 aromatic rings. The normalized spacial score (nSPS) is 11.6. The maximum Gasteiger partial charge on any atom is 0.101 e. The van der Waals surface area contributed by atoms with Crippen LogP contribution in [0, 0.1) is 22.7 Å². The van der Waals surface area contributed by atoms with Gasteiger partial charge >= 0.3 is 0 Å². The maximum atomic E-state index is 10.6. The zero-order chi connectivity index (χ0) is 36.6. The number of hydrogen-bond donors (Lipinski definition) is 0. The number of para-hydroxylation sites is 6. The molecule has 0 N–H and O–H groups in total. The van der Waals surface area contributed by atoms with E-state index in [9.17, 15) is 10.5 Å². The lowest BCUT2D eigenvalue weighted by Crippen LogP contribution is -2.02. The first kappa shape index (κ1) is 30.7. The molecule has 0 aliphatic carbocycles. The van der Waals surface area contributed by atoms with Crippen LogP contribution in [0.2, 0.25) is 0 Å². The van der Waals surface area contributed by atoms with Crippen molar-refractivity contribution in [3.05, 3.63) is 187 Å². The maximum absolute atomic E-state index is 10.6. The molecular weight excluding hydrogens is 671 g/mol. The van der Waals surface area contributed by atoms with Crippen molar-refractivity contribution >= 4 is 65.4 Å². The van der Waals surface area contributed by atoms with Gasteiger partial charge < -0.3 is 13.7 Å². The monoisotopic (exact) mass is 699 g/mol. The zero-order valence-corrected chi connectivity index (χ0v) is 29.5. The summed E-state index contributed by atoms with van der Waals surface area (Å²) >= 11 is 0. The molecule has 0 saturated heterocycles. The van der Waals surface area contributed by atoms with Crippen LogP contribution in [0.5, 0.6) is 0 Å². The van der Waals surface area contributed by atoms with Crippen LogP contribution in [0.1, 0.15) is 11.1 Å². The van der Waals surface area contributed by atoms with Crippen LogP contribution < -0.4 is 0 Å². The van der Waals surface area contributed by atoms with E-state index >= 15 is 0 Å². The Labute approximate surface area is 316 Å². The molecular formula is C50H29N5. The summed E-state index contributed by atoms with van der Waals surface area (Å²) in [5, 5.41) is 27.1. The first-order valence-electron chi connectivity index (χ1n) is 18.3. The molecule has 3 heterocycles. The summed E-state index contributed by atoms with van der Waals surface area (Å²) in [6.45, 7) is 0. The second-order valence-electron chi connectivity index (χ2n) is 14.0. The van der Waals surface area contributed by atoms with Crippen molar-refractivity contribution < 1.29 is 0 Å². The van der Waals surface area contributed by atoms with E-state index in [2.05, 4.69) is 177 Å². The van der Waals surface area contributed by atoms with Gasteiger partial charge in [0.05, 0.1) is 61.7 Å². The molecule has 5 heteroatoms. The lowest BCUT2D eigenvalue weighted by atomic mass is 9.99. The van der Waals surface area contributed by atoms with Gasteiger partial charge in [-0.15, -0.1) is 0 Å². The number of aromatic nitrogens is 3. The molecule has 0 fully saturated rings. The Morgan fingerprint density at radius 3 is 1.60 bits per heavy atom. The molecule has 0 amide bonds. The van der Waals surface area contributed by atoms with Gasteiger partial charge in [0.2, 0.25) is 0 Å². The van der Waals surface area contributed by atoms with Gasteiger partial charge in [0.1, 0.15) is 6.07 Å². The van der Waals surface area contributed by atoms with Crippen molar-refractivity contribution in [2.75, 3.05) is 0 Å². The zero-order valence-electron chi connectivity index (χ0n) is 29.5. The predicted molar refractivity (Wildman–Crippen MR) is 224 cm³/mol. The van der Waals surface area contributed by atoms with Gasteiger partial charge in [-0.25, -0.2) is 0 Å². The summed E-state index contributed by atoms with van der Waals surface area (Å²) in [5.41, 5.74) is 12.6. The number of nitriles is 2. The van der Waals surface area contributed by atoms with Crippen LogP contribution in [0.15, 0.2) is 176 Å². The molecule has 0 saturated carbocycles. The van der Waals surface area contributed by atoms with Crippen molar-refractivity contribution in [2.24, 2.45) is 0 Å². The fourth-order valence-electron chi connectivity index (χ4n) is 8.83. The van der Waals surface area contributed by atoms with Crippen LogP contribution in [-0.4, -0.2) is 13.7 Å². The van der Waals surface area contributed by atoms with E-state index in [1.54, 1.807) is 0 Å². The van der Waals surface area contributed by atoms with Crippen molar-refractivity contribution in [1.29, 1.82) is 10.5 Å². The van der Waals surface area contributed by atoms with Crippen LogP contribution in [0.3, 0.4) is 0 Å². The average molecular weight is 700 g/mol. The molecule has 5 nitrogen and oxygen atoms in total. The first-order chi connectivity index (χ1) is 27.2. The highest BCUT2D eigenvalue weighted by Crippen LogP contribution is 2.42. The number of benzene rings is 8. The third kappa shape index (κ3) is 4.39. The minimum absolute atomic E-state index is 0.611. The van der Waals surface area contributed by atoms with Gasteiger partial charge in [-0.3, -0.25) is 0 Å². The summed E-state index contributed by atoms with van der Waals surface area (Å²) in [4.78, 5) is 0. The molecule has 0 spiro atoms. The highest BCUT2D eigenvalue weighted by Gasteiger charge is 2.22. The molecule has 0 atom stereocenters. The molecule has 0 unspecified atom stereocenters. The average Bonchev–Trinajstić information content (AvgIpc) is 3.89. The van der Waals surface area contributed by atoms with Crippen molar-refractivity contribution in [2.45, 2.75) is 0 Å². The third-order valence-electron chi connectivity index (χ3n) is 11.1. The minimum atomic E-state index is 0.611. The Bertz CT molecular complexity index is 3420. The van der Waals surface area contributed by atoms with E-state index in [1.807, 2.05) is 24.3 Å². The number of hydrogen-bond acceptors (Lipinski definition) is 2. The van der Waals surface area contributed by atoms with E-state index in [1.165, 1.54) is 0 Å². The summed E-state index contributed by atoms with van der Waals surface area (Å²) < 4.78 is 6.97. The Kier molecular flexibility index (Phi) is 6.61. The minimum Gasteiger partial charge on any atom is -0.307 e. The second-order valence-corrected chi connectivity index (χ2v) is 14.0. The van der Waals surface area contributed by atoms with Crippen LogP contribution in [0.4, 0.5) is 0 Å². The van der Waals surface area contributed by atoms with E-state index in [4.69, 9.17) is 0 Å². The van der Waals surface area contributed by atoms with E-state index in [0.29, 0.717) is 11.1 Å². The van der Waals surface area contributed by atoms with E-state index in [-0.39, 0.29) is 0 Å². The molecule has 3 aromatic heterocycles. The Balaban J connectivity index is 1.21. The summed E-state index contributed by atoms with van der Waals surface area (Å²) in [7, 11) is 0. The topological polar surface area (TPSA) is 62.4 Å². The largest absolute Gasteiger partial charge is 0.307 e. The molecule has 0 aliphatic heterocycles. The standard InChI is InChI=1S/C50H29N5/c51-30-32-26-27-47-42(28-32)40-18-4-6-22-44(40)54(47)48-25-11-20-41-39-17-3-5-21-43(39)53(50(41)48)35-14-9-12-33(29-35)36-19-10-13-34(31-52)49(36)55-45-23-7-1-15-37(45)38-16-2-8-24-46(38)55/h1-29H. The van der Waals surface area contributed by atoms with Gasteiger partial charge in [0.25, 0.3) is 0 Å². The van der Waals surface area contributed by atoms with Crippen LogP contribution in [-0.2, 0) is 0 Å². The Morgan fingerprint density at radius 2 is 0.927 bits per heavy atom. The third-order valence-corrected chi connectivity index (χ3v) is 11.1. The van der Waals surface area contributed by atoms with Crippen LogP contribution >= 0.6 is 0 Å². The Hall–Kier alpha value is -7.86. The Morgan fingerprint density at radius 1 is 0.382 bits per heavy atom. The number of fused-ring (bicyclic) bond motifs is 9. The molecule has 55 heavy (non-hydrogen) atoms. The molecule has 11 rings (SSSR count). The first-order valence-corrected chi connectivity index (χ1v) is 18.3. The molecule has 8 aromatic carbocycles. The summed E-state index contributed by atoms with van der Waals surface area (Å²) in [6, 6.07) is 66.0. The summed E-state index contributed by atoms with van der Waals surface area (Å²) in [5.74, 6) is 0. The SMILES string of the molecule is N#Cc1ccc2c(c1)c1ccccc1n2-c1cccc2c3ccccc3n(-c3cccc(-c4cccc(C#N)c4-n4c5ccccc5c5ccccc54)c3)c12. The van der Waals surface area contributed by atoms with Gasteiger partial charge in [0, 0.05) is 43.6 Å². The smallest absolute Gasteiger partial charge is 0.101 e. The highest BCUT2D eigenvalue weighted by molar-refractivity contribution is 6.15. The molecule has 0 aliphatic rings. The quantitative estimate of drug-likeness (QED) is 0.184. The van der Waals surface area contributed by atoms with Crippen molar-refractivity contribution in [1.82, 2.24) is 13.7 Å². The van der Waals surface area contributed by atoms with Gasteiger partial charge in [0.15, 0.2) is 0 Å². The molecule has 254 valence electrons.